The van der Waals surface area contributed by atoms with Crippen molar-refractivity contribution in [1.29, 1.82) is 0 Å². The average Bonchev–Trinajstić information content (AvgIpc) is 2.69. The maximum absolute atomic E-state index is 6.22. The smallest absolute Gasteiger partial charge is 0.0562 e. The number of benzene rings is 1. The average molecular weight is 254 g/mol. The second-order valence-corrected chi connectivity index (χ2v) is 4.67. The van der Waals surface area contributed by atoms with Crippen LogP contribution in [0.1, 0.15) is 28.3 Å². The van der Waals surface area contributed by atoms with Crippen molar-refractivity contribution in [2.24, 2.45) is 5.73 Å². The molecule has 2 aromatic rings. The number of nitrogens with two attached hydrogens (primary N) is 1. The number of rotatable bonds is 2. The fourth-order valence-electron chi connectivity index (χ4n) is 1.81. The summed E-state index contributed by atoms with van der Waals surface area (Å²) in [4.78, 5) is 0. The first kappa shape index (κ1) is 13.2. The van der Waals surface area contributed by atoms with Crippen molar-refractivity contribution in [3.8, 4) is 0 Å². The first-order valence-corrected chi connectivity index (χ1v) is 5.97. The third kappa shape index (κ3) is 2.64. The van der Waals surface area contributed by atoms with E-state index in [0.29, 0.717) is 0 Å². The number of thiophene rings is 1. The lowest BCUT2D eigenvalue weighted by molar-refractivity contribution is 0.866. The van der Waals surface area contributed by atoms with Gasteiger partial charge in [-0.25, -0.2) is 0 Å². The van der Waals surface area contributed by atoms with Crippen molar-refractivity contribution in [1.82, 2.24) is 0 Å². The van der Waals surface area contributed by atoms with Gasteiger partial charge in [0.1, 0.15) is 0 Å². The van der Waals surface area contributed by atoms with Gasteiger partial charge in [-0.15, -0.1) is 12.4 Å². The van der Waals surface area contributed by atoms with Gasteiger partial charge >= 0.3 is 0 Å². The van der Waals surface area contributed by atoms with Crippen LogP contribution in [0.15, 0.2) is 35.0 Å². The van der Waals surface area contributed by atoms with Crippen molar-refractivity contribution in [2.45, 2.75) is 19.9 Å². The summed E-state index contributed by atoms with van der Waals surface area (Å²) in [6, 6.07) is 8.54. The molecule has 16 heavy (non-hydrogen) atoms. The topological polar surface area (TPSA) is 26.0 Å². The zero-order chi connectivity index (χ0) is 10.8. The van der Waals surface area contributed by atoms with Crippen LogP contribution >= 0.6 is 23.7 Å². The molecule has 0 radical (unpaired) electrons. The van der Waals surface area contributed by atoms with Crippen LogP contribution in [0.5, 0.6) is 0 Å². The molecule has 1 nitrogen and oxygen atoms in total. The molecule has 0 aliphatic carbocycles. The van der Waals surface area contributed by atoms with Crippen LogP contribution in [0.3, 0.4) is 0 Å². The molecule has 3 heteroatoms. The Morgan fingerprint density at radius 2 is 1.94 bits per heavy atom. The van der Waals surface area contributed by atoms with Gasteiger partial charge in [-0.3, -0.25) is 0 Å². The summed E-state index contributed by atoms with van der Waals surface area (Å²) in [5.74, 6) is 0. The van der Waals surface area contributed by atoms with E-state index in [-0.39, 0.29) is 18.4 Å². The van der Waals surface area contributed by atoms with E-state index in [1.807, 2.05) is 0 Å². The van der Waals surface area contributed by atoms with Gasteiger partial charge in [0.05, 0.1) is 6.04 Å². The molecule has 0 aliphatic rings. The van der Waals surface area contributed by atoms with Crippen LogP contribution in [-0.4, -0.2) is 0 Å². The molecule has 0 unspecified atom stereocenters. The molecule has 1 aromatic heterocycles. The van der Waals surface area contributed by atoms with E-state index >= 15 is 0 Å². The molecule has 2 rings (SSSR count). The van der Waals surface area contributed by atoms with Crippen molar-refractivity contribution in [3.63, 3.8) is 0 Å². The van der Waals surface area contributed by atoms with E-state index in [9.17, 15) is 0 Å². The third-order valence-corrected chi connectivity index (χ3v) is 3.36. The molecule has 1 aromatic carbocycles. The van der Waals surface area contributed by atoms with Crippen LogP contribution in [-0.2, 0) is 0 Å². The van der Waals surface area contributed by atoms with E-state index in [1.165, 1.54) is 22.3 Å². The number of hydrogen-bond acceptors (Lipinski definition) is 2. The minimum absolute atomic E-state index is 0. The Kier molecular flexibility index (Phi) is 4.54. The minimum Gasteiger partial charge on any atom is -0.320 e. The second-order valence-electron chi connectivity index (χ2n) is 3.89. The summed E-state index contributed by atoms with van der Waals surface area (Å²) >= 11 is 1.69. The highest BCUT2D eigenvalue weighted by Crippen LogP contribution is 2.24. The number of hydrogen-bond donors (Lipinski definition) is 1. The molecular formula is C13H16ClNS. The molecule has 86 valence electrons. The van der Waals surface area contributed by atoms with Crippen LogP contribution in [0, 0.1) is 13.8 Å². The van der Waals surface area contributed by atoms with Gasteiger partial charge in [0, 0.05) is 0 Å². The third-order valence-electron chi connectivity index (χ3n) is 2.66. The number of aryl methyl sites for hydroxylation is 2. The Labute approximate surface area is 107 Å². The summed E-state index contributed by atoms with van der Waals surface area (Å²) in [5, 5.41) is 4.18. The van der Waals surface area contributed by atoms with Crippen LogP contribution in [0.2, 0.25) is 0 Å². The summed E-state index contributed by atoms with van der Waals surface area (Å²) in [6.45, 7) is 4.22. The lowest BCUT2D eigenvalue weighted by Gasteiger charge is -2.14. The molecule has 1 heterocycles. The largest absolute Gasteiger partial charge is 0.320 e. The molecule has 0 aliphatic heterocycles. The molecule has 0 fully saturated rings. The Morgan fingerprint density at radius 3 is 2.50 bits per heavy atom. The zero-order valence-electron chi connectivity index (χ0n) is 9.44. The molecular weight excluding hydrogens is 238 g/mol. The lowest BCUT2D eigenvalue weighted by atomic mass is 9.96. The Bertz CT molecular complexity index is 451. The first-order chi connectivity index (χ1) is 7.18. The molecule has 1 atom stereocenters. The zero-order valence-corrected chi connectivity index (χ0v) is 11.1. The summed E-state index contributed by atoms with van der Waals surface area (Å²) in [6.07, 6.45) is 0. The normalized spacial score (nSPS) is 11.9. The Balaban J connectivity index is 0.00000128. The van der Waals surface area contributed by atoms with Gasteiger partial charge in [0.15, 0.2) is 0 Å². The van der Waals surface area contributed by atoms with Crippen LogP contribution in [0.4, 0.5) is 0 Å². The van der Waals surface area contributed by atoms with E-state index in [4.69, 9.17) is 5.73 Å². The van der Waals surface area contributed by atoms with Crippen molar-refractivity contribution in [3.05, 3.63) is 57.3 Å². The summed E-state index contributed by atoms with van der Waals surface area (Å²) in [7, 11) is 0. The maximum Gasteiger partial charge on any atom is 0.0562 e. The fourth-order valence-corrected chi connectivity index (χ4v) is 2.50. The van der Waals surface area contributed by atoms with E-state index in [2.05, 4.69) is 48.9 Å². The second kappa shape index (κ2) is 5.48. The molecule has 0 saturated carbocycles. The standard InChI is InChI=1S/C13H15NS.ClH/c1-9-3-4-12(10(2)7-9)13(14)11-5-6-15-8-11;/h3-8,13H,14H2,1-2H3;1H/t13-;/m1./s1. The molecule has 0 saturated heterocycles. The predicted octanol–water partition coefficient (Wildman–Crippen LogP) is 3.83. The van der Waals surface area contributed by atoms with Crippen LogP contribution in [0.25, 0.3) is 0 Å². The monoisotopic (exact) mass is 253 g/mol. The predicted molar refractivity (Wildman–Crippen MR) is 73.5 cm³/mol. The highest BCUT2D eigenvalue weighted by atomic mass is 35.5. The van der Waals surface area contributed by atoms with Crippen LogP contribution < -0.4 is 5.73 Å². The van der Waals surface area contributed by atoms with E-state index in [0.717, 1.165) is 0 Å². The molecule has 2 N–H and O–H groups in total. The molecule has 0 bridgehead atoms. The summed E-state index contributed by atoms with van der Waals surface area (Å²) < 4.78 is 0. The number of halogens is 1. The summed E-state index contributed by atoms with van der Waals surface area (Å²) in [5.41, 5.74) is 11.2. The quantitative estimate of drug-likeness (QED) is 0.865. The Morgan fingerprint density at radius 1 is 1.19 bits per heavy atom. The Hall–Kier alpha value is -0.830. The SMILES string of the molecule is Cc1ccc([C@H](N)c2ccsc2)c(C)c1.Cl. The van der Waals surface area contributed by atoms with E-state index < -0.39 is 0 Å². The first-order valence-electron chi connectivity index (χ1n) is 5.03. The highest BCUT2D eigenvalue weighted by molar-refractivity contribution is 7.08. The maximum atomic E-state index is 6.22. The fraction of sp³-hybridized carbons (Fsp3) is 0.231. The molecule has 0 spiro atoms. The van der Waals surface area contributed by atoms with Gasteiger partial charge in [0.25, 0.3) is 0 Å². The van der Waals surface area contributed by atoms with Gasteiger partial charge in [-0.2, -0.15) is 11.3 Å². The van der Waals surface area contributed by atoms with Gasteiger partial charge in [-0.05, 0) is 47.4 Å². The van der Waals surface area contributed by atoms with Gasteiger partial charge < -0.3 is 5.73 Å². The van der Waals surface area contributed by atoms with Crippen molar-refractivity contribution >= 4 is 23.7 Å². The van der Waals surface area contributed by atoms with Gasteiger partial charge in [0.2, 0.25) is 0 Å². The van der Waals surface area contributed by atoms with Crippen molar-refractivity contribution in [2.75, 3.05) is 0 Å². The lowest BCUT2D eigenvalue weighted by Crippen LogP contribution is -2.12. The van der Waals surface area contributed by atoms with E-state index in [1.54, 1.807) is 11.3 Å². The minimum atomic E-state index is 0. The van der Waals surface area contributed by atoms with Gasteiger partial charge in [-0.1, -0.05) is 23.8 Å². The highest BCUT2D eigenvalue weighted by Gasteiger charge is 2.11. The van der Waals surface area contributed by atoms with Crippen molar-refractivity contribution < 1.29 is 0 Å². The molecule has 0 amide bonds.